The Morgan fingerprint density at radius 1 is 1.25 bits per heavy atom. The van der Waals surface area contributed by atoms with Gasteiger partial charge in [0, 0.05) is 38.4 Å². The first-order valence-corrected chi connectivity index (χ1v) is 8.79. The van der Waals surface area contributed by atoms with Gasteiger partial charge in [0.2, 0.25) is 5.91 Å². The molecular weight excluding hydrogens is 302 g/mol. The molecule has 2 rings (SSSR count). The van der Waals surface area contributed by atoms with E-state index < -0.39 is 0 Å². The molecule has 5 nitrogen and oxygen atoms in total. The Labute approximate surface area is 144 Å². The second-order valence-corrected chi connectivity index (χ2v) is 6.89. The maximum absolute atomic E-state index is 12.3. The van der Waals surface area contributed by atoms with Gasteiger partial charge in [-0.1, -0.05) is 49.3 Å². The van der Waals surface area contributed by atoms with Gasteiger partial charge in [0.15, 0.2) is 0 Å². The molecule has 1 aromatic rings. The molecule has 0 saturated carbocycles. The zero-order valence-corrected chi connectivity index (χ0v) is 14.8. The van der Waals surface area contributed by atoms with Crippen LogP contribution in [0.2, 0.25) is 0 Å². The van der Waals surface area contributed by atoms with Crippen molar-refractivity contribution in [2.75, 3.05) is 13.1 Å². The molecule has 1 aliphatic rings. The first kappa shape index (κ1) is 18.5. The number of hydrogen-bond acceptors (Lipinski definition) is 4. The number of likely N-dealkylation sites (tertiary alicyclic amines) is 1. The average molecular weight is 331 g/mol. The Morgan fingerprint density at radius 3 is 2.54 bits per heavy atom. The van der Waals surface area contributed by atoms with Gasteiger partial charge < -0.3 is 15.5 Å². The van der Waals surface area contributed by atoms with E-state index in [4.69, 9.17) is 10.6 Å². The first-order valence-electron chi connectivity index (χ1n) is 8.79. The maximum atomic E-state index is 12.3. The minimum Gasteiger partial charge on any atom is -0.391 e. The summed E-state index contributed by atoms with van der Waals surface area (Å²) < 4.78 is 0. The summed E-state index contributed by atoms with van der Waals surface area (Å²) in [5.41, 5.74) is 8.17. The van der Waals surface area contributed by atoms with Gasteiger partial charge in [-0.3, -0.25) is 4.79 Å². The lowest BCUT2D eigenvalue weighted by Gasteiger charge is -2.28. The molecule has 1 heterocycles. The molecule has 1 saturated heterocycles. The highest BCUT2D eigenvalue weighted by atomic mass is 16.6. The monoisotopic (exact) mass is 331 g/mol. The number of oxime groups is 1. The second kappa shape index (κ2) is 9.42. The number of carbonyl (C=O) groups excluding carboxylic acids is 1. The topological polar surface area (TPSA) is 67.9 Å². The summed E-state index contributed by atoms with van der Waals surface area (Å²) in [6, 6.07) is 9.94. The van der Waals surface area contributed by atoms with Gasteiger partial charge in [-0.2, -0.15) is 0 Å². The van der Waals surface area contributed by atoms with Crippen LogP contribution in [0.3, 0.4) is 0 Å². The lowest BCUT2D eigenvalue weighted by molar-refractivity contribution is -0.131. The van der Waals surface area contributed by atoms with Crippen LogP contribution >= 0.6 is 0 Å². The van der Waals surface area contributed by atoms with Crippen LogP contribution in [0.4, 0.5) is 0 Å². The van der Waals surface area contributed by atoms with Crippen LogP contribution in [0, 0.1) is 5.92 Å². The third kappa shape index (κ3) is 6.32. The van der Waals surface area contributed by atoms with Crippen LogP contribution in [0.15, 0.2) is 35.5 Å². The lowest BCUT2D eigenvalue weighted by atomic mass is 10.0. The standard InChI is InChI=1S/C19H29N3O2/c1-15(2)12-17(20)13-19(23)22-10-8-18(9-11-22)21-24-14-16-6-4-3-5-7-16/h3-7,15,17H,8-14,20H2,1-2H3/t17-/m0/s1. The van der Waals surface area contributed by atoms with Crippen molar-refractivity contribution in [2.45, 2.75) is 52.2 Å². The smallest absolute Gasteiger partial charge is 0.224 e. The highest BCUT2D eigenvalue weighted by Gasteiger charge is 2.22. The van der Waals surface area contributed by atoms with Crippen molar-refractivity contribution < 1.29 is 9.63 Å². The van der Waals surface area contributed by atoms with Crippen molar-refractivity contribution in [1.82, 2.24) is 4.90 Å². The molecule has 0 radical (unpaired) electrons. The molecule has 0 bridgehead atoms. The van der Waals surface area contributed by atoms with E-state index in [0.717, 1.165) is 30.5 Å². The predicted molar refractivity (Wildman–Crippen MR) is 96.5 cm³/mol. The second-order valence-electron chi connectivity index (χ2n) is 6.89. The third-order valence-corrected chi connectivity index (χ3v) is 4.17. The minimum atomic E-state index is -0.0400. The van der Waals surface area contributed by atoms with Gasteiger partial charge in [0.05, 0.1) is 5.71 Å². The predicted octanol–water partition coefficient (Wildman–Crippen LogP) is 2.95. The van der Waals surface area contributed by atoms with E-state index in [9.17, 15) is 4.79 Å². The normalized spacial score (nSPS) is 16.2. The Hall–Kier alpha value is -1.88. The molecule has 0 aromatic heterocycles. The highest BCUT2D eigenvalue weighted by molar-refractivity contribution is 5.87. The van der Waals surface area contributed by atoms with E-state index >= 15 is 0 Å². The number of nitrogens with two attached hydrogens (primary N) is 1. The van der Waals surface area contributed by atoms with Gasteiger partial charge in [0.1, 0.15) is 6.61 Å². The summed E-state index contributed by atoms with van der Waals surface area (Å²) in [6.07, 6.45) is 2.88. The Balaban J connectivity index is 1.70. The fourth-order valence-corrected chi connectivity index (χ4v) is 2.92. The molecular formula is C19H29N3O2. The Bertz CT molecular complexity index is 533. The lowest BCUT2D eigenvalue weighted by Crippen LogP contribution is -2.41. The Morgan fingerprint density at radius 2 is 1.92 bits per heavy atom. The quantitative estimate of drug-likeness (QED) is 0.781. The molecule has 5 heteroatoms. The molecule has 24 heavy (non-hydrogen) atoms. The highest BCUT2D eigenvalue weighted by Crippen LogP contribution is 2.13. The van der Waals surface area contributed by atoms with E-state index in [0.29, 0.717) is 32.0 Å². The van der Waals surface area contributed by atoms with E-state index in [1.165, 1.54) is 0 Å². The summed E-state index contributed by atoms with van der Waals surface area (Å²) in [5, 5.41) is 4.23. The van der Waals surface area contributed by atoms with Crippen molar-refractivity contribution >= 4 is 11.6 Å². The number of nitrogens with zero attached hydrogens (tertiary/aromatic N) is 2. The van der Waals surface area contributed by atoms with E-state index in [1.54, 1.807) is 0 Å². The number of benzene rings is 1. The molecule has 1 aromatic carbocycles. The summed E-state index contributed by atoms with van der Waals surface area (Å²) in [5.74, 6) is 0.682. The van der Waals surface area contributed by atoms with Gasteiger partial charge in [-0.15, -0.1) is 0 Å². The molecule has 1 aliphatic heterocycles. The largest absolute Gasteiger partial charge is 0.391 e. The number of piperidine rings is 1. The molecule has 0 aliphatic carbocycles. The molecule has 132 valence electrons. The van der Waals surface area contributed by atoms with Crippen molar-refractivity contribution in [3.8, 4) is 0 Å². The summed E-state index contributed by atoms with van der Waals surface area (Å²) in [6.45, 7) is 6.16. The van der Waals surface area contributed by atoms with Crippen molar-refractivity contribution in [3.63, 3.8) is 0 Å². The van der Waals surface area contributed by atoms with Crippen LogP contribution in [0.5, 0.6) is 0 Å². The van der Waals surface area contributed by atoms with Crippen molar-refractivity contribution in [3.05, 3.63) is 35.9 Å². The fourth-order valence-electron chi connectivity index (χ4n) is 2.92. The SMILES string of the molecule is CC(C)C[C@H](N)CC(=O)N1CCC(=NOCc2ccccc2)CC1. The van der Waals surface area contributed by atoms with Crippen molar-refractivity contribution in [1.29, 1.82) is 0 Å². The van der Waals surface area contributed by atoms with Gasteiger partial charge >= 0.3 is 0 Å². The summed E-state index contributed by atoms with van der Waals surface area (Å²) in [7, 11) is 0. The van der Waals surface area contributed by atoms with Crippen LogP contribution in [-0.4, -0.2) is 35.7 Å². The average Bonchev–Trinajstić information content (AvgIpc) is 2.55. The van der Waals surface area contributed by atoms with Crippen LogP contribution in [0.25, 0.3) is 0 Å². The molecule has 1 fully saturated rings. The van der Waals surface area contributed by atoms with E-state index in [1.807, 2.05) is 35.2 Å². The fraction of sp³-hybridized carbons (Fsp3) is 0.579. The van der Waals surface area contributed by atoms with E-state index in [2.05, 4.69) is 19.0 Å². The van der Waals surface area contributed by atoms with Crippen LogP contribution in [-0.2, 0) is 16.2 Å². The van der Waals surface area contributed by atoms with E-state index in [-0.39, 0.29) is 11.9 Å². The molecule has 0 unspecified atom stereocenters. The first-order chi connectivity index (χ1) is 11.5. The molecule has 2 N–H and O–H groups in total. The third-order valence-electron chi connectivity index (χ3n) is 4.17. The number of hydrogen-bond donors (Lipinski definition) is 1. The number of rotatable bonds is 7. The van der Waals surface area contributed by atoms with Crippen molar-refractivity contribution in [2.24, 2.45) is 16.8 Å². The number of carbonyl (C=O) groups is 1. The van der Waals surface area contributed by atoms with Gasteiger partial charge in [0.25, 0.3) is 0 Å². The maximum Gasteiger partial charge on any atom is 0.224 e. The summed E-state index contributed by atoms with van der Waals surface area (Å²) >= 11 is 0. The zero-order valence-electron chi connectivity index (χ0n) is 14.8. The number of amides is 1. The zero-order chi connectivity index (χ0) is 17.4. The summed E-state index contributed by atoms with van der Waals surface area (Å²) in [4.78, 5) is 19.6. The van der Waals surface area contributed by atoms with Crippen LogP contribution < -0.4 is 5.73 Å². The minimum absolute atomic E-state index is 0.0400. The Kier molecular flexibility index (Phi) is 7.25. The molecule has 1 amide bonds. The molecule has 1 atom stereocenters. The van der Waals surface area contributed by atoms with Crippen LogP contribution in [0.1, 0.15) is 45.1 Å². The van der Waals surface area contributed by atoms with Gasteiger partial charge in [-0.25, -0.2) is 0 Å². The molecule has 0 spiro atoms. The van der Waals surface area contributed by atoms with Gasteiger partial charge in [-0.05, 0) is 17.9 Å².